The van der Waals surface area contributed by atoms with Crippen LogP contribution in [0.1, 0.15) is 16.7 Å². The molecule has 0 fully saturated rings. The van der Waals surface area contributed by atoms with E-state index in [-0.39, 0.29) is 0 Å². The Morgan fingerprint density at radius 1 is 1.10 bits per heavy atom. The fourth-order valence-electron chi connectivity index (χ4n) is 1.62. The van der Waals surface area contributed by atoms with Crippen molar-refractivity contribution in [1.82, 2.24) is 0 Å². The van der Waals surface area contributed by atoms with Crippen LogP contribution in [0.2, 0.25) is 0 Å². The molecule has 0 saturated heterocycles. The summed E-state index contributed by atoms with van der Waals surface area (Å²) in [5.41, 5.74) is 2.27. The van der Waals surface area contributed by atoms with Crippen LogP contribution in [0, 0.1) is 11.3 Å². The molecule has 0 unspecified atom stereocenters. The molecule has 0 aliphatic heterocycles. The van der Waals surface area contributed by atoms with Crippen molar-refractivity contribution in [2.75, 3.05) is 7.11 Å². The van der Waals surface area contributed by atoms with Gasteiger partial charge in [0.1, 0.15) is 18.6 Å². The molecule has 0 aromatic heterocycles. The summed E-state index contributed by atoms with van der Waals surface area (Å²) >= 11 is 0. The average Bonchev–Trinajstić information content (AvgIpc) is 2.52. The zero-order valence-electron chi connectivity index (χ0n) is 11.0. The summed E-state index contributed by atoms with van der Waals surface area (Å²) in [5.74, 6) is 0.743. The third-order valence-electron chi connectivity index (χ3n) is 2.60. The van der Waals surface area contributed by atoms with E-state index < -0.39 is 0 Å². The Morgan fingerprint density at radius 2 is 1.90 bits per heavy atom. The minimum Gasteiger partial charge on any atom is -0.497 e. The second-order valence-electron chi connectivity index (χ2n) is 4.02. The zero-order chi connectivity index (χ0) is 14.2. The lowest BCUT2D eigenvalue weighted by Gasteiger charge is -2.01. The molecule has 2 aromatic carbocycles. The van der Waals surface area contributed by atoms with Crippen LogP contribution in [-0.4, -0.2) is 13.3 Å². The summed E-state index contributed by atoms with van der Waals surface area (Å²) in [5, 5.41) is 12.6. The van der Waals surface area contributed by atoms with Crippen molar-refractivity contribution in [2.24, 2.45) is 5.16 Å². The van der Waals surface area contributed by atoms with Crippen molar-refractivity contribution in [3.05, 3.63) is 65.2 Å². The number of rotatable bonds is 5. The van der Waals surface area contributed by atoms with Crippen LogP contribution in [0.4, 0.5) is 0 Å². The summed E-state index contributed by atoms with van der Waals surface area (Å²) in [4.78, 5) is 5.16. The molecular weight excluding hydrogens is 252 g/mol. The van der Waals surface area contributed by atoms with E-state index >= 15 is 0 Å². The first-order valence-corrected chi connectivity index (χ1v) is 6.03. The number of nitrogens with zero attached hydrogens (tertiary/aromatic N) is 2. The van der Waals surface area contributed by atoms with E-state index in [2.05, 4.69) is 17.4 Å². The van der Waals surface area contributed by atoms with Gasteiger partial charge in [0.2, 0.25) is 0 Å². The number of nitriles is 1. The normalized spacial score (nSPS) is 10.2. The van der Waals surface area contributed by atoms with Crippen LogP contribution >= 0.6 is 0 Å². The molecule has 0 aliphatic carbocycles. The summed E-state index contributed by atoms with van der Waals surface area (Å²) in [7, 11) is 1.61. The maximum absolute atomic E-state index is 8.79. The third-order valence-corrected chi connectivity index (χ3v) is 2.60. The van der Waals surface area contributed by atoms with E-state index in [4.69, 9.17) is 14.8 Å². The predicted molar refractivity (Wildman–Crippen MR) is 75.5 cm³/mol. The molecule has 0 atom stereocenters. The van der Waals surface area contributed by atoms with Gasteiger partial charge in [-0.15, -0.1) is 0 Å². The maximum atomic E-state index is 8.79. The highest BCUT2D eigenvalue weighted by Crippen LogP contribution is 2.11. The topological polar surface area (TPSA) is 54.6 Å². The molecule has 0 aliphatic rings. The molecule has 20 heavy (non-hydrogen) atoms. The first-order chi connectivity index (χ1) is 9.81. The van der Waals surface area contributed by atoms with Crippen LogP contribution in [0.5, 0.6) is 5.75 Å². The molecule has 0 heterocycles. The Morgan fingerprint density at radius 3 is 2.70 bits per heavy atom. The standard InChI is InChI=1S/C16H13N2O2/c1-19-16-7-3-5-14(9-16)11-18-20-12-15-6-2-4-13(8-15)10-17/h2-9H,12H2,1H3. The Kier molecular flexibility index (Phi) is 4.74. The minimum atomic E-state index is 0.298. The van der Waals surface area contributed by atoms with Gasteiger partial charge in [0, 0.05) is 5.56 Å². The Hall–Kier alpha value is -2.80. The van der Waals surface area contributed by atoms with Gasteiger partial charge in [0.25, 0.3) is 0 Å². The quantitative estimate of drug-likeness (QED) is 0.617. The fourth-order valence-corrected chi connectivity index (χ4v) is 1.62. The fraction of sp³-hybridized carbons (Fsp3) is 0.125. The lowest BCUT2D eigenvalue weighted by Crippen LogP contribution is -1.90. The van der Waals surface area contributed by atoms with Gasteiger partial charge in [-0.05, 0) is 29.8 Å². The highest BCUT2D eigenvalue weighted by molar-refractivity contribution is 5.79. The first kappa shape index (κ1) is 13.6. The number of benzene rings is 2. The second kappa shape index (κ2) is 6.95. The third kappa shape index (κ3) is 3.85. The van der Waals surface area contributed by atoms with E-state index in [0.29, 0.717) is 12.2 Å². The Balaban J connectivity index is 1.91. The minimum absolute atomic E-state index is 0.298. The second-order valence-corrected chi connectivity index (χ2v) is 4.02. The molecule has 0 saturated carbocycles. The van der Waals surface area contributed by atoms with Crippen molar-refractivity contribution in [1.29, 1.82) is 5.26 Å². The maximum Gasteiger partial charge on any atom is 0.142 e. The van der Waals surface area contributed by atoms with Gasteiger partial charge in [-0.2, -0.15) is 5.26 Å². The summed E-state index contributed by atoms with van der Waals surface area (Å²) < 4.78 is 5.10. The largest absolute Gasteiger partial charge is 0.497 e. The summed E-state index contributed by atoms with van der Waals surface area (Å²) in [6.45, 7) is 0.298. The van der Waals surface area contributed by atoms with Gasteiger partial charge in [0.15, 0.2) is 0 Å². The Bertz CT molecular complexity index is 645. The number of ether oxygens (including phenoxy) is 1. The molecule has 1 radical (unpaired) electrons. The molecule has 4 nitrogen and oxygen atoms in total. The van der Waals surface area contributed by atoms with Gasteiger partial charge in [-0.1, -0.05) is 29.4 Å². The van der Waals surface area contributed by atoms with Crippen LogP contribution in [0.15, 0.2) is 53.7 Å². The monoisotopic (exact) mass is 265 g/mol. The molecule has 0 bridgehead atoms. The van der Waals surface area contributed by atoms with E-state index in [1.807, 2.05) is 36.4 Å². The molecule has 4 heteroatoms. The van der Waals surface area contributed by atoms with Gasteiger partial charge in [-0.25, -0.2) is 0 Å². The average molecular weight is 265 g/mol. The Labute approximate surface area is 117 Å². The highest BCUT2D eigenvalue weighted by Gasteiger charge is 1.96. The molecule has 0 N–H and O–H groups in total. The van der Waals surface area contributed by atoms with E-state index in [1.165, 1.54) is 0 Å². The smallest absolute Gasteiger partial charge is 0.142 e. The van der Waals surface area contributed by atoms with Crippen LogP contribution in [0.25, 0.3) is 0 Å². The van der Waals surface area contributed by atoms with Gasteiger partial charge >= 0.3 is 0 Å². The van der Waals surface area contributed by atoms with Gasteiger partial charge in [0.05, 0.1) is 18.7 Å². The van der Waals surface area contributed by atoms with Crippen molar-refractivity contribution in [3.8, 4) is 11.8 Å². The first-order valence-electron chi connectivity index (χ1n) is 6.03. The molecule has 2 rings (SSSR count). The molecule has 0 spiro atoms. The van der Waals surface area contributed by atoms with Crippen molar-refractivity contribution < 1.29 is 9.57 Å². The highest BCUT2D eigenvalue weighted by atomic mass is 16.6. The van der Waals surface area contributed by atoms with E-state index in [1.54, 1.807) is 19.2 Å². The number of hydrogen-bond donors (Lipinski definition) is 0. The number of methoxy groups -OCH3 is 1. The molecule has 2 aromatic rings. The molecule has 99 valence electrons. The summed E-state index contributed by atoms with van der Waals surface area (Å²) in [6.07, 6.45) is 2.78. The summed E-state index contributed by atoms with van der Waals surface area (Å²) in [6, 6.07) is 16.6. The lowest BCUT2D eigenvalue weighted by molar-refractivity contribution is 0.132. The van der Waals surface area contributed by atoms with Crippen molar-refractivity contribution >= 4 is 6.21 Å². The van der Waals surface area contributed by atoms with Gasteiger partial charge < -0.3 is 9.57 Å². The van der Waals surface area contributed by atoms with Crippen molar-refractivity contribution in [3.63, 3.8) is 0 Å². The van der Waals surface area contributed by atoms with E-state index in [9.17, 15) is 0 Å². The van der Waals surface area contributed by atoms with Crippen LogP contribution in [-0.2, 0) is 11.4 Å². The number of hydrogen-bond acceptors (Lipinski definition) is 4. The predicted octanol–water partition coefficient (Wildman–Crippen LogP) is 2.99. The zero-order valence-corrected chi connectivity index (χ0v) is 11.0. The van der Waals surface area contributed by atoms with Crippen molar-refractivity contribution in [2.45, 2.75) is 6.61 Å². The van der Waals surface area contributed by atoms with Crippen LogP contribution in [0.3, 0.4) is 0 Å². The lowest BCUT2D eigenvalue weighted by atomic mass is 10.1. The van der Waals surface area contributed by atoms with E-state index in [0.717, 1.165) is 16.9 Å². The SMILES string of the molecule is COc1cccc(/[C]=N\OCc2cccc(C#N)c2)c1. The van der Waals surface area contributed by atoms with Gasteiger partial charge in [-0.3, -0.25) is 0 Å². The van der Waals surface area contributed by atoms with Crippen LogP contribution < -0.4 is 4.74 Å². The molecular formula is C16H13N2O2. The molecule has 0 amide bonds.